The van der Waals surface area contributed by atoms with Crippen LogP contribution in [-0.2, 0) is 0 Å². The maximum absolute atomic E-state index is 12.6. The second kappa shape index (κ2) is 8.26. The summed E-state index contributed by atoms with van der Waals surface area (Å²) < 4.78 is 0. The summed E-state index contributed by atoms with van der Waals surface area (Å²) in [6, 6.07) is 5.03. The number of piperazine rings is 1. The summed E-state index contributed by atoms with van der Waals surface area (Å²) in [4.78, 5) is 17.6. The lowest BCUT2D eigenvalue weighted by Gasteiger charge is -2.49. The van der Waals surface area contributed by atoms with Crippen LogP contribution in [0, 0.1) is 0 Å². The molecule has 1 aromatic carbocycles. The van der Waals surface area contributed by atoms with Gasteiger partial charge in [-0.1, -0.05) is 42.5 Å². The number of carbonyl (C=O) groups excluding carboxylic acids is 1. The Kier molecular flexibility index (Phi) is 6.26. The largest absolute Gasteiger partial charge is 0.350 e. The molecule has 2 aliphatic rings. The van der Waals surface area contributed by atoms with Gasteiger partial charge in [-0.05, 0) is 38.1 Å². The van der Waals surface area contributed by atoms with Gasteiger partial charge in [0.15, 0.2) is 0 Å². The summed E-state index contributed by atoms with van der Waals surface area (Å²) in [5, 5.41) is 4.11. The number of benzene rings is 1. The number of carbonyl (C=O) groups is 1. The molecule has 25 heavy (non-hydrogen) atoms. The van der Waals surface area contributed by atoms with E-state index in [1.54, 1.807) is 18.2 Å². The van der Waals surface area contributed by atoms with E-state index in [9.17, 15) is 4.79 Å². The van der Waals surface area contributed by atoms with E-state index in [1.165, 1.54) is 19.3 Å². The monoisotopic (exact) mass is 383 g/mol. The molecular formula is C19H27Cl2N3O. The molecule has 1 aromatic rings. The highest BCUT2D eigenvalue weighted by Gasteiger charge is 2.39. The minimum absolute atomic E-state index is 0.0913. The molecule has 0 aromatic heterocycles. The van der Waals surface area contributed by atoms with E-state index in [1.807, 2.05) is 0 Å². The zero-order chi connectivity index (χ0) is 17.9. The van der Waals surface area contributed by atoms with Gasteiger partial charge in [0.1, 0.15) is 0 Å². The van der Waals surface area contributed by atoms with Crippen LogP contribution in [0.25, 0.3) is 0 Å². The Morgan fingerprint density at radius 3 is 2.44 bits per heavy atom. The Balaban J connectivity index is 1.69. The Morgan fingerprint density at radius 1 is 1.12 bits per heavy atom. The van der Waals surface area contributed by atoms with Gasteiger partial charge in [0, 0.05) is 43.3 Å². The minimum atomic E-state index is -0.110. The summed E-state index contributed by atoms with van der Waals surface area (Å²) in [5.74, 6) is -0.110. The number of hydrogen-bond acceptors (Lipinski definition) is 3. The summed E-state index contributed by atoms with van der Waals surface area (Å²) in [6.45, 7) is 5.04. The van der Waals surface area contributed by atoms with E-state index in [-0.39, 0.29) is 11.4 Å². The van der Waals surface area contributed by atoms with Crippen LogP contribution in [0.3, 0.4) is 0 Å². The van der Waals surface area contributed by atoms with Crippen molar-refractivity contribution in [1.82, 2.24) is 15.1 Å². The molecule has 1 amide bonds. The molecule has 1 saturated carbocycles. The molecule has 0 spiro atoms. The normalized spacial score (nSPS) is 21.9. The Morgan fingerprint density at radius 2 is 1.80 bits per heavy atom. The molecule has 138 valence electrons. The Labute approximate surface area is 160 Å². The van der Waals surface area contributed by atoms with Crippen molar-refractivity contribution in [3.05, 3.63) is 33.8 Å². The van der Waals surface area contributed by atoms with Crippen LogP contribution in [0.2, 0.25) is 10.0 Å². The molecule has 1 aliphatic carbocycles. The number of hydrogen-bond donors (Lipinski definition) is 1. The fourth-order valence-corrected chi connectivity index (χ4v) is 4.60. The fourth-order valence-electron chi connectivity index (χ4n) is 4.11. The van der Waals surface area contributed by atoms with Crippen LogP contribution in [0.5, 0.6) is 0 Å². The van der Waals surface area contributed by atoms with Gasteiger partial charge in [-0.3, -0.25) is 9.69 Å². The molecule has 0 unspecified atom stereocenters. The van der Waals surface area contributed by atoms with Crippen LogP contribution in [0.4, 0.5) is 0 Å². The van der Waals surface area contributed by atoms with E-state index in [2.05, 4.69) is 22.2 Å². The highest BCUT2D eigenvalue weighted by molar-refractivity contribution is 6.36. The predicted octanol–water partition coefficient (Wildman–Crippen LogP) is 3.67. The lowest BCUT2D eigenvalue weighted by molar-refractivity contribution is 0.0138. The molecule has 4 nitrogen and oxygen atoms in total. The average Bonchev–Trinajstić information content (AvgIpc) is 2.61. The van der Waals surface area contributed by atoms with Crippen molar-refractivity contribution in [2.24, 2.45) is 0 Å². The number of halogens is 2. The van der Waals surface area contributed by atoms with Gasteiger partial charge in [0.2, 0.25) is 0 Å². The molecule has 6 heteroatoms. The summed E-state index contributed by atoms with van der Waals surface area (Å²) in [5.41, 5.74) is 0.587. The van der Waals surface area contributed by atoms with Gasteiger partial charge in [0.25, 0.3) is 5.91 Å². The van der Waals surface area contributed by atoms with Crippen molar-refractivity contribution in [3.8, 4) is 0 Å². The molecule has 3 rings (SSSR count). The predicted molar refractivity (Wildman–Crippen MR) is 104 cm³/mol. The first kappa shape index (κ1) is 19.0. The molecule has 1 saturated heterocycles. The van der Waals surface area contributed by atoms with Crippen molar-refractivity contribution >= 4 is 29.1 Å². The van der Waals surface area contributed by atoms with Crippen molar-refractivity contribution in [1.29, 1.82) is 0 Å². The molecule has 1 heterocycles. The van der Waals surface area contributed by atoms with Crippen LogP contribution in [0.15, 0.2) is 18.2 Å². The smallest absolute Gasteiger partial charge is 0.252 e. The Bertz CT molecular complexity index is 609. The number of amides is 1. The van der Waals surface area contributed by atoms with Crippen LogP contribution in [-0.4, -0.2) is 61.0 Å². The summed E-state index contributed by atoms with van der Waals surface area (Å²) in [6.07, 6.45) is 6.09. The van der Waals surface area contributed by atoms with Crippen LogP contribution in [0.1, 0.15) is 42.5 Å². The Hall–Kier alpha value is -0.810. The number of nitrogens with zero attached hydrogens (tertiary/aromatic N) is 2. The maximum atomic E-state index is 12.6. The van der Waals surface area contributed by atoms with Gasteiger partial charge in [0.05, 0.1) is 10.6 Å². The zero-order valence-electron chi connectivity index (χ0n) is 14.9. The van der Waals surface area contributed by atoms with Crippen LogP contribution < -0.4 is 5.32 Å². The minimum Gasteiger partial charge on any atom is -0.350 e. The lowest BCUT2D eigenvalue weighted by Crippen LogP contribution is -2.61. The van der Waals surface area contributed by atoms with Crippen molar-refractivity contribution in [2.45, 2.75) is 37.6 Å². The van der Waals surface area contributed by atoms with E-state index in [0.29, 0.717) is 22.2 Å². The molecule has 0 atom stereocenters. The quantitative estimate of drug-likeness (QED) is 0.861. The van der Waals surface area contributed by atoms with Gasteiger partial charge in [-0.2, -0.15) is 0 Å². The van der Waals surface area contributed by atoms with Gasteiger partial charge in [-0.25, -0.2) is 0 Å². The number of rotatable bonds is 4. The third-order valence-corrected chi connectivity index (χ3v) is 6.26. The topological polar surface area (TPSA) is 35.6 Å². The first-order chi connectivity index (χ1) is 12.0. The molecular weight excluding hydrogens is 357 g/mol. The first-order valence-electron chi connectivity index (χ1n) is 9.17. The highest BCUT2D eigenvalue weighted by Crippen LogP contribution is 2.34. The average molecular weight is 384 g/mol. The summed E-state index contributed by atoms with van der Waals surface area (Å²) in [7, 11) is 2.18. The molecule has 2 fully saturated rings. The second-order valence-electron chi connectivity index (χ2n) is 7.38. The third kappa shape index (κ3) is 4.48. The summed E-state index contributed by atoms with van der Waals surface area (Å²) >= 11 is 12.1. The van der Waals surface area contributed by atoms with Crippen molar-refractivity contribution < 1.29 is 4.79 Å². The number of nitrogens with one attached hydrogen (secondary N) is 1. The lowest BCUT2D eigenvalue weighted by atomic mass is 9.79. The third-order valence-electron chi connectivity index (χ3n) is 5.71. The zero-order valence-corrected chi connectivity index (χ0v) is 16.4. The molecule has 1 N–H and O–H groups in total. The highest BCUT2D eigenvalue weighted by atomic mass is 35.5. The molecule has 1 aliphatic heterocycles. The van der Waals surface area contributed by atoms with E-state index in [4.69, 9.17) is 23.2 Å². The maximum Gasteiger partial charge on any atom is 0.252 e. The van der Waals surface area contributed by atoms with Gasteiger partial charge >= 0.3 is 0 Å². The van der Waals surface area contributed by atoms with Crippen molar-refractivity contribution in [2.75, 3.05) is 39.8 Å². The SMILES string of the molecule is CN1CCN(C2(CNC(=O)c3ccc(Cl)cc3Cl)CCCCC2)CC1. The first-order valence-corrected chi connectivity index (χ1v) is 9.93. The second-order valence-corrected chi connectivity index (χ2v) is 8.23. The standard InChI is InChI=1S/C19H27Cl2N3O/c1-23-9-11-24(12-10-23)19(7-3-2-4-8-19)14-22-18(25)16-6-5-15(20)13-17(16)21/h5-6,13H,2-4,7-12,14H2,1H3,(H,22,25). The molecule has 0 radical (unpaired) electrons. The van der Waals surface area contributed by atoms with E-state index >= 15 is 0 Å². The van der Waals surface area contributed by atoms with Gasteiger partial charge in [-0.15, -0.1) is 0 Å². The van der Waals surface area contributed by atoms with E-state index < -0.39 is 0 Å². The van der Waals surface area contributed by atoms with Crippen molar-refractivity contribution in [3.63, 3.8) is 0 Å². The van der Waals surface area contributed by atoms with Crippen LogP contribution >= 0.6 is 23.2 Å². The van der Waals surface area contributed by atoms with E-state index in [0.717, 1.165) is 39.0 Å². The fraction of sp³-hybridized carbons (Fsp3) is 0.632. The molecule has 0 bridgehead atoms. The number of likely N-dealkylation sites (N-methyl/N-ethyl adjacent to an activating group) is 1. The van der Waals surface area contributed by atoms with Gasteiger partial charge < -0.3 is 10.2 Å².